The molecule has 1 aliphatic carbocycles. The summed E-state index contributed by atoms with van der Waals surface area (Å²) in [7, 11) is -4.34. The second kappa shape index (κ2) is 10.7. The lowest BCUT2D eigenvalue weighted by atomic mass is 9.91. The number of aryl methyl sites for hydroxylation is 1. The topological polar surface area (TPSA) is 134 Å². The molecule has 1 amide bonds. The highest BCUT2D eigenvalue weighted by Crippen LogP contribution is 2.37. The van der Waals surface area contributed by atoms with Crippen molar-refractivity contribution in [3.8, 4) is 0 Å². The molecular weight excluding hydrogens is 544 g/mol. The van der Waals surface area contributed by atoms with E-state index in [-0.39, 0.29) is 36.5 Å². The molecule has 3 aromatic rings. The maximum Gasteiger partial charge on any atom is 0.306 e. The third-order valence-corrected chi connectivity index (χ3v) is 8.06. The van der Waals surface area contributed by atoms with E-state index in [1.165, 1.54) is 18.2 Å². The molecule has 0 spiro atoms. The number of sulfonamides is 1. The quantitative estimate of drug-likeness (QED) is 0.268. The van der Waals surface area contributed by atoms with E-state index in [9.17, 15) is 31.6 Å². The van der Waals surface area contributed by atoms with E-state index in [1.807, 2.05) is 0 Å². The molecule has 1 aliphatic heterocycles. The number of Topliss-reactive ketones (excluding diaryl/α,β-unsaturated/α-hetero) is 1. The van der Waals surface area contributed by atoms with E-state index in [2.05, 4.69) is 15.0 Å². The number of nitrogens with one attached hydrogen (secondary N) is 3. The number of amides is 1. The molecule has 2 aliphatic rings. The summed E-state index contributed by atoms with van der Waals surface area (Å²) in [6, 6.07) is 6.30. The second-order valence-electron chi connectivity index (χ2n) is 9.44. The lowest BCUT2D eigenvalue weighted by Crippen LogP contribution is -2.13. The highest BCUT2D eigenvalue weighted by molar-refractivity contribution is 7.92. The number of ketones is 1. The summed E-state index contributed by atoms with van der Waals surface area (Å²) in [5.74, 6) is -2.97. The number of anilines is 2. The number of aromatic amines is 1. The van der Waals surface area contributed by atoms with Crippen LogP contribution in [0.4, 0.5) is 20.2 Å². The number of esters is 1. The molecule has 2 aromatic carbocycles. The number of rotatable bonds is 8. The average Bonchev–Trinajstić information content (AvgIpc) is 3.39. The smallest absolute Gasteiger partial charge is 0.306 e. The van der Waals surface area contributed by atoms with E-state index in [0.29, 0.717) is 65.5 Å². The van der Waals surface area contributed by atoms with E-state index in [1.54, 1.807) is 13.0 Å². The first-order chi connectivity index (χ1) is 19.1. The minimum atomic E-state index is -4.34. The first-order valence-electron chi connectivity index (χ1n) is 12.6. The number of fused-ring (bicyclic) bond motifs is 2. The fraction of sp³-hybridized carbons (Fsp3) is 0.250. The maximum absolute atomic E-state index is 13.6. The van der Waals surface area contributed by atoms with Crippen LogP contribution in [0.3, 0.4) is 0 Å². The molecule has 40 heavy (non-hydrogen) atoms. The van der Waals surface area contributed by atoms with Gasteiger partial charge in [0, 0.05) is 52.8 Å². The minimum absolute atomic E-state index is 0.0391. The van der Waals surface area contributed by atoms with Gasteiger partial charge in [0.2, 0.25) is 0 Å². The third-order valence-electron chi connectivity index (χ3n) is 6.70. The van der Waals surface area contributed by atoms with Gasteiger partial charge in [-0.25, -0.2) is 17.2 Å². The Bertz CT molecular complexity index is 1670. The molecule has 0 fully saturated rings. The fourth-order valence-corrected chi connectivity index (χ4v) is 6.06. The van der Waals surface area contributed by atoms with Crippen LogP contribution >= 0.6 is 0 Å². The average molecular weight is 570 g/mol. The summed E-state index contributed by atoms with van der Waals surface area (Å²) in [4.78, 5) is 40.4. The van der Waals surface area contributed by atoms with Crippen LogP contribution in [-0.4, -0.2) is 37.7 Å². The highest BCUT2D eigenvalue weighted by Gasteiger charge is 2.29. The van der Waals surface area contributed by atoms with Gasteiger partial charge in [-0.2, -0.15) is 0 Å². The van der Waals surface area contributed by atoms with Gasteiger partial charge in [-0.1, -0.05) is 0 Å². The SMILES string of the molecule is CCOC(=O)CCc1c(/C=C2\C(=O)Nc3ccc(NS(=O)(=O)c4cc(F)cc(F)c4)cc32)[nH]c2c1C(=O)CCC2. The van der Waals surface area contributed by atoms with Crippen LogP contribution in [-0.2, 0) is 37.2 Å². The van der Waals surface area contributed by atoms with Crippen LogP contribution in [0.25, 0.3) is 11.6 Å². The summed E-state index contributed by atoms with van der Waals surface area (Å²) in [6.07, 6.45) is 3.57. The Morgan fingerprint density at radius 2 is 1.85 bits per heavy atom. The highest BCUT2D eigenvalue weighted by atomic mass is 32.2. The lowest BCUT2D eigenvalue weighted by Gasteiger charge is -2.11. The normalized spacial score (nSPS) is 15.5. The van der Waals surface area contributed by atoms with Gasteiger partial charge in [0.05, 0.1) is 17.1 Å². The maximum atomic E-state index is 13.6. The Kier molecular flexibility index (Phi) is 7.28. The van der Waals surface area contributed by atoms with Crippen molar-refractivity contribution in [2.24, 2.45) is 0 Å². The zero-order valence-corrected chi connectivity index (χ0v) is 22.2. The molecule has 0 saturated carbocycles. The molecule has 1 aromatic heterocycles. The van der Waals surface area contributed by atoms with Crippen LogP contribution in [0.15, 0.2) is 41.3 Å². The predicted molar refractivity (Wildman–Crippen MR) is 143 cm³/mol. The summed E-state index contributed by atoms with van der Waals surface area (Å²) in [6.45, 7) is 1.94. The summed E-state index contributed by atoms with van der Waals surface area (Å²) in [5.41, 5.74) is 3.47. The van der Waals surface area contributed by atoms with Crippen molar-refractivity contribution in [2.75, 3.05) is 16.6 Å². The summed E-state index contributed by atoms with van der Waals surface area (Å²) >= 11 is 0. The predicted octanol–water partition coefficient (Wildman–Crippen LogP) is 4.60. The minimum Gasteiger partial charge on any atom is -0.466 e. The molecule has 208 valence electrons. The summed E-state index contributed by atoms with van der Waals surface area (Å²) in [5, 5.41) is 2.72. The van der Waals surface area contributed by atoms with Crippen LogP contribution < -0.4 is 10.0 Å². The Balaban J connectivity index is 1.51. The molecule has 0 atom stereocenters. The molecule has 2 heterocycles. The third kappa shape index (κ3) is 5.39. The molecule has 0 radical (unpaired) electrons. The standard InChI is InChI=1S/C28H25F2N3O6S/c1-2-39-26(35)9-7-19-24(31-23-4-3-5-25(34)27(19)23)14-21-20-13-17(6-8-22(20)32-28(21)36)33-40(37,38)18-11-15(29)10-16(30)12-18/h6,8,10-14,31,33H,2-5,7,9H2,1H3,(H,32,36)/b21-14-. The molecule has 0 bridgehead atoms. The number of carbonyl (C=O) groups excluding carboxylic acids is 3. The van der Waals surface area contributed by atoms with Gasteiger partial charge in [0.25, 0.3) is 15.9 Å². The van der Waals surface area contributed by atoms with E-state index >= 15 is 0 Å². The van der Waals surface area contributed by atoms with Gasteiger partial charge in [0.1, 0.15) is 11.6 Å². The van der Waals surface area contributed by atoms with Crippen molar-refractivity contribution in [3.05, 3.63) is 76.1 Å². The van der Waals surface area contributed by atoms with Crippen molar-refractivity contribution in [1.29, 1.82) is 0 Å². The van der Waals surface area contributed by atoms with Crippen LogP contribution in [0.2, 0.25) is 0 Å². The van der Waals surface area contributed by atoms with Crippen molar-refractivity contribution < 1.29 is 36.3 Å². The Hall–Kier alpha value is -4.32. The van der Waals surface area contributed by atoms with Gasteiger partial charge < -0.3 is 15.0 Å². The number of ether oxygens (including phenoxy) is 1. The number of H-pyrrole nitrogens is 1. The zero-order valence-electron chi connectivity index (χ0n) is 21.4. The lowest BCUT2D eigenvalue weighted by molar-refractivity contribution is -0.143. The first-order valence-corrected chi connectivity index (χ1v) is 14.1. The number of hydrogen-bond donors (Lipinski definition) is 3. The van der Waals surface area contributed by atoms with E-state index in [0.717, 1.165) is 5.69 Å². The molecule has 0 saturated heterocycles. The Morgan fingerprint density at radius 1 is 1.10 bits per heavy atom. The number of benzene rings is 2. The molecular formula is C28H25F2N3O6S. The van der Waals surface area contributed by atoms with Gasteiger partial charge in [-0.15, -0.1) is 0 Å². The van der Waals surface area contributed by atoms with Crippen LogP contribution in [0, 0.1) is 11.6 Å². The number of carbonyl (C=O) groups is 3. The van der Waals surface area contributed by atoms with Crippen molar-refractivity contribution in [3.63, 3.8) is 0 Å². The van der Waals surface area contributed by atoms with Crippen molar-refractivity contribution in [2.45, 2.75) is 43.9 Å². The number of hydrogen-bond acceptors (Lipinski definition) is 6. The van der Waals surface area contributed by atoms with Crippen molar-refractivity contribution >= 4 is 50.7 Å². The summed E-state index contributed by atoms with van der Waals surface area (Å²) < 4.78 is 60.1. The molecule has 12 heteroatoms. The monoisotopic (exact) mass is 569 g/mol. The van der Waals surface area contributed by atoms with Gasteiger partial charge in [-0.05, 0) is 68.2 Å². The van der Waals surface area contributed by atoms with Gasteiger partial charge in [-0.3, -0.25) is 19.1 Å². The van der Waals surface area contributed by atoms with E-state index < -0.39 is 38.4 Å². The molecule has 0 unspecified atom stereocenters. The van der Waals surface area contributed by atoms with Crippen LogP contribution in [0.5, 0.6) is 0 Å². The van der Waals surface area contributed by atoms with E-state index in [4.69, 9.17) is 4.74 Å². The molecule has 3 N–H and O–H groups in total. The van der Waals surface area contributed by atoms with Crippen LogP contribution in [0.1, 0.15) is 59.1 Å². The zero-order chi connectivity index (χ0) is 28.6. The Labute approximate surface area is 228 Å². The largest absolute Gasteiger partial charge is 0.466 e. The number of halogens is 2. The molecule has 9 nitrogen and oxygen atoms in total. The van der Waals surface area contributed by atoms with Gasteiger partial charge >= 0.3 is 5.97 Å². The first kappa shape index (κ1) is 27.3. The fourth-order valence-electron chi connectivity index (χ4n) is 4.97. The molecule has 5 rings (SSSR count). The van der Waals surface area contributed by atoms with Crippen molar-refractivity contribution in [1.82, 2.24) is 4.98 Å². The number of aromatic nitrogens is 1. The Morgan fingerprint density at radius 3 is 2.58 bits per heavy atom. The second-order valence-corrected chi connectivity index (χ2v) is 11.1. The van der Waals surface area contributed by atoms with Gasteiger partial charge in [0.15, 0.2) is 5.78 Å².